The smallest absolute Gasteiger partial charge is 0.236 e. The highest BCUT2D eigenvalue weighted by Crippen LogP contribution is 2.17. The first kappa shape index (κ1) is 10.9. The highest BCUT2D eigenvalue weighted by molar-refractivity contribution is 7.99. The molecule has 1 aliphatic heterocycles. The average Bonchev–Trinajstić information content (AvgIpc) is 2.18. The summed E-state index contributed by atoms with van der Waals surface area (Å²) in [5, 5.41) is 5.98. The van der Waals surface area contributed by atoms with Gasteiger partial charge in [0, 0.05) is 18.8 Å². The Bertz CT molecular complexity index is 169. The fourth-order valence-corrected chi connectivity index (χ4v) is 2.60. The van der Waals surface area contributed by atoms with Crippen molar-refractivity contribution in [1.29, 1.82) is 0 Å². The third-order valence-corrected chi connectivity index (χ3v) is 3.50. The van der Waals surface area contributed by atoms with Crippen LogP contribution in [0.4, 0.5) is 0 Å². The molecule has 2 atom stereocenters. The van der Waals surface area contributed by atoms with Crippen molar-refractivity contribution in [2.24, 2.45) is 0 Å². The van der Waals surface area contributed by atoms with Crippen molar-refractivity contribution >= 4 is 17.7 Å². The summed E-state index contributed by atoms with van der Waals surface area (Å²) in [7, 11) is 1.68. The van der Waals surface area contributed by atoms with E-state index in [9.17, 15) is 4.79 Å². The van der Waals surface area contributed by atoms with Gasteiger partial charge in [-0.2, -0.15) is 11.8 Å². The maximum absolute atomic E-state index is 11.2. The van der Waals surface area contributed by atoms with Gasteiger partial charge in [-0.1, -0.05) is 0 Å². The number of likely N-dealkylation sites (N-methyl/N-ethyl adjacent to an activating group) is 1. The van der Waals surface area contributed by atoms with E-state index in [2.05, 4.69) is 10.6 Å². The molecule has 4 heteroatoms. The van der Waals surface area contributed by atoms with Crippen LogP contribution in [-0.2, 0) is 4.79 Å². The molecule has 0 aromatic heterocycles. The van der Waals surface area contributed by atoms with E-state index in [1.165, 1.54) is 18.6 Å². The fourth-order valence-electron chi connectivity index (χ4n) is 1.52. The molecule has 1 amide bonds. The maximum atomic E-state index is 11.2. The molecule has 0 aromatic rings. The van der Waals surface area contributed by atoms with E-state index in [1.54, 1.807) is 7.05 Å². The Kier molecular flexibility index (Phi) is 4.59. The summed E-state index contributed by atoms with van der Waals surface area (Å²) >= 11 is 1.97. The summed E-state index contributed by atoms with van der Waals surface area (Å²) < 4.78 is 0. The number of carbonyl (C=O) groups is 1. The molecule has 0 spiro atoms. The van der Waals surface area contributed by atoms with Gasteiger partial charge in [-0.05, 0) is 25.5 Å². The van der Waals surface area contributed by atoms with Crippen LogP contribution in [0.3, 0.4) is 0 Å². The van der Waals surface area contributed by atoms with Crippen LogP contribution in [-0.4, -0.2) is 36.5 Å². The van der Waals surface area contributed by atoms with Crippen LogP contribution in [0.5, 0.6) is 0 Å². The molecule has 1 fully saturated rings. The largest absolute Gasteiger partial charge is 0.358 e. The molecule has 2 N–H and O–H groups in total. The normalized spacial score (nSPS) is 25.2. The van der Waals surface area contributed by atoms with Crippen LogP contribution in [0.25, 0.3) is 0 Å². The number of hydrogen-bond acceptors (Lipinski definition) is 3. The van der Waals surface area contributed by atoms with Crippen LogP contribution < -0.4 is 10.6 Å². The molecule has 1 aliphatic rings. The van der Waals surface area contributed by atoms with E-state index in [0.29, 0.717) is 6.04 Å². The van der Waals surface area contributed by atoms with E-state index >= 15 is 0 Å². The van der Waals surface area contributed by atoms with Crippen molar-refractivity contribution in [2.45, 2.75) is 31.8 Å². The number of carbonyl (C=O) groups excluding carboxylic acids is 1. The van der Waals surface area contributed by atoms with Gasteiger partial charge in [0.15, 0.2) is 0 Å². The molecular weight excluding hydrogens is 184 g/mol. The second-order valence-corrected chi connectivity index (χ2v) is 4.57. The topological polar surface area (TPSA) is 41.1 Å². The minimum atomic E-state index is -0.0614. The number of hydrogen-bond donors (Lipinski definition) is 2. The van der Waals surface area contributed by atoms with Crippen LogP contribution in [0.15, 0.2) is 0 Å². The Morgan fingerprint density at radius 1 is 1.62 bits per heavy atom. The molecule has 0 saturated carbocycles. The molecule has 2 unspecified atom stereocenters. The van der Waals surface area contributed by atoms with Gasteiger partial charge in [0.2, 0.25) is 5.91 Å². The first-order valence-electron chi connectivity index (χ1n) is 4.79. The monoisotopic (exact) mass is 202 g/mol. The second kappa shape index (κ2) is 5.50. The molecule has 1 saturated heterocycles. The zero-order chi connectivity index (χ0) is 9.68. The zero-order valence-corrected chi connectivity index (χ0v) is 9.12. The first-order valence-corrected chi connectivity index (χ1v) is 5.95. The number of rotatable bonds is 3. The van der Waals surface area contributed by atoms with Gasteiger partial charge in [-0.3, -0.25) is 4.79 Å². The molecule has 1 rings (SSSR count). The van der Waals surface area contributed by atoms with Crippen LogP contribution >= 0.6 is 11.8 Å². The quantitative estimate of drug-likeness (QED) is 0.704. The van der Waals surface area contributed by atoms with Crippen molar-refractivity contribution in [3.05, 3.63) is 0 Å². The van der Waals surface area contributed by atoms with Gasteiger partial charge in [0.1, 0.15) is 0 Å². The fraction of sp³-hybridized carbons (Fsp3) is 0.889. The highest BCUT2D eigenvalue weighted by atomic mass is 32.2. The van der Waals surface area contributed by atoms with Crippen molar-refractivity contribution in [3.8, 4) is 0 Å². The van der Waals surface area contributed by atoms with Crippen LogP contribution in [0.2, 0.25) is 0 Å². The Hall–Kier alpha value is -0.220. The lowest BCUT2D eigenvalue weighted by Crippen LogP contribution is -2.47. The lowest BCUT2D eigenvalue weighted by molar-refractivity contribution is -0.122. The second-order valence-electron chi connectivity index (χ2n) is 3.42. The van der Waals surface area contributed by atoms with Crippen LogP contribution in [0, 0.1) is 0 Å². The lowest BCUT2D eigenvalue weighted by Gasteiger charge is -2.25. The minimum Gasteiger partial charge on any atom is -0.358 e. The number of nitrogens with one attached hydrogen (secondary N) is 2. The van der Waals surface area contributed by atoms with E-state index in [0.717, 1.165) is 5.75 Å². The predicted octanol–water partition coefficient (Wildman–Crippen LogP) is 0.606. The van der Waals surface area contributed by atoms with Gasteiger partial charge in [0.25, 0.3) is 0 Å². The summed E-state index contributed by atoms with van der Waals surface area (Å²) in [6.07, 6.45) is 2.47. The highest BCUT2D eigenvalue weighted by Gasteiger charge is 2.18. The third kappa shape index (κ3) is 3.56. The third-order valence-electron chi connectivity index (χ3n) is 2.29. The molecule has 0 bridgehead atoms. The maximum Gasteiger partial charge on any atom is 0.236 e. The SMILES string of the molecule is CNC(=O)C(C)NC1CCCSC1. The molecule has 0 radical (unpaired) electrons. The molecule has 0 aliphatic carbocycles. The van der Waals surface area contributed by atoms with E-state index in [4.69, 9.17) is 0 Å². The summed E-state index contributed by atoms with van der Waals surface area (Å²) in [6.45, 7) is 1.91. The summed E-state index contributed by atoms with van der Waals surface area (Å²) in [5.74, 6) is 2.49. The Labute approximate surface area is 84.0 Å². The lowest BCUT2D eigenvalue weighted by atomic mass is 10.1. The van der Waals surface area contributed by atoms with Crippen molar-refractivity contribution < 1.29 is 4.79 Å². The first-order chi connectivity index (χ1) is 6.24. The summed E-state index contributed by atoms with van der Waals surface area (Å²) in [5.41, 5.74) is 0. The van der Waals surface area contributed by atoms with E-state index in [-0.39, 0.29) is 11.9 Å². The predicted molar refractivity (Wildman–Crippen MR) is 57.0 cm³/mol. The van der Waals surface area contributed by atoms with E-state index < -0.39 is 0 Å². The Morgan fingerprint density at radius 3 is 2.92 bits per heavy atom. The van der Waals surface area contributed by atoms with Crippen molar-refractivity contribution in [3.63, 3.8) is 0 Å². The summed E-state index contributed by atoms with van der Waals surface area (Å²) in [4.78, 5) is 11.2. The zero-order valence-electron chi connectivity index (χ0n) is 8.30. The Balaban J connectivity index is 2.25. The van der Waals surface area contributed by atoms with Gasteiger partial charge in [-0.15, -0.1) is 0 Å². The van der Waals surface area contributed by atoms with Crippen molar-refractivity contribution in [2.75, 3.05) is 18.6 Å². The minimum absolute atomic E-state index is 0.0614. The molecule has 76 valence electrons. The summed E-state index contributed by atoms with van der Waals surface area (Å²) in [6, 6.07) is 0.458. The molecule has 13 heavy (non-hydrogen) atoms. The van der Waals surface area contributed by atoms with Crippen LogP contribution in [0.1, 0.15) is 19.8 Å². The average molecular weight is 202 g/mol. The number of thioether (sulfide) groups is 1. The molecule has 0 aromatic carbocycles. The standard InChI is InChI=1S/C9H18N2OS/c1-7(9(12)10-2)11-8-4-3-5-13-6-8/h7-8,11H,3-6H2,1-2H3,(H,10,12). The molecule has 3 nitrogen and oxygen atoms in total. The van der Waals surface area contributed by atoms with Gasteiger partial charge < -0.3 is 10.6 Å². The Morgan fingerprint density at radius 2 is 2.38 bits per heavy atom. The van der Waals surface area contributed by atoms with Gasteiger partial charge >= 0.3 is 0 Å². The van der Waals surface area contributed by atoms with Gasteiger partial charge in [0.05, 0.1) is 6.04 Å². The molecular formula is C9H18N2OS. The van der Waals surface area contributed by atoms with Crippen molar-refractivity contribution in [1.82, 2.24) is 10.6 Å². The molecule has 1 heterocycles. The number of amides is 1. The van der Waals surface area contributed by atoms with E-state index in [1.807, 2.05) is 18.7 Å². The van der Waals surface area contributed by atoms with Gasteiger partial charge in [-0.25, -0.2) is 0 Å².